The van der Waals surface area contributed by atoms with Crippen molar-refractivity contribution in [3.63, 3.8) is 0 Å². The van der Waals surface area contributed by atoms with Gasteiger partial charge in [-0.1, -0.05) is 18.5 Å². The van der Waals surface area contributed by atoms with Gasteiger partial charge >= 0.3 is 0 Å². The molecule has 0 aliphatic carbocycles. The number of hydrogen-bond acceptors (Lipinski definition) is 7. The number of aromatic nitrogens is 4. The standard InChI is InChI=1S/C19H18ClN7O/c1-19(10-28)9-23-17-12(8-21)5-11(6-13(17)19)14-3-4-22-18(24-14)25-16-7-15(20)27(2)26-16/h3-7,23,28H,9-10H2,1-2H3,(H,22,24,25,26)/t19-/m1/s1. The van der Waals surface area contributed by atoms with Gasteiger partial charge in [0.25, 0.3) is 0 Å². The Bertz CT molecular complexity index is 1080. The van der Waals surface area contributed by atoms with Gasteiger partial charge in [0.15, 0.2) is 5.82 Å². The van der Waals surface area contributed by atoms with Crippen LogP contribution in [0, 0.1) is 11.3 Å². The fourth-order valence-electron chi connectivity index (χ4n) is 3.26. The predicted molar refractivity (Wildman–Crippen MR) is 107 cm³/mol. The fourth-order valence-corrected chi connectivity index (χ4v) is 3.41. The normalized spacial score (nSPS) is 17.7. The Hall–Kier alpha value is -3.15. The van der Waals surface area contributed by atoms with Crippen LogP contribution in [-0.4, -0.2) is 38.0 Å². The largest absolute Gasteiger partial charge is 0.395 e. The highest BCUT2D eigenvalue weighted by Crippen LogP contribution is 2.41. The van der Waals surface area contributed by atoms with E-state index in [4.69, 9.17) is 11.6 Å². The van der Waals surface area contributed by atoms with Gasteiger partial charge in [-0.3, -0.25) is 4.68 Å². The minimum absolute atomic E-state index is 0.0155. The maximum absolute atomic E-state index is 9.85. The van der Waals surface area contributed by atoms with Gasteiger partial charge in [0.2, 0.25) is 5.95 Å². The fraction of sp³-hybridized carbons (Fsp3) is 0.263. The van der Waals surface area contributed by atoms with E-state index in [2.05, 4.69) is 31.8 Å². The second kappa shape index (κ2) is 6.78. The number of aliphatic hydroxyl groups is 1. The molecule has 4 rings (SSSR count). The van der Waals surface area contributed by atoms with E-state index in [0.717, 1.165) is 16.8 Å². The highest BCUT2D eigenvalue weighted by atomic mass is 35.5. The summed E-state index contributed by atoms with van der Waals surface area (Å²) in [4.78, 5) is 8.77. The van der Waals surface area contributed by atoms with Crippen molar-refractivity contribution in [3.05, 3.63) is 46.7 Å². The maximum Gasteiger partial charge on any atom is 0.228 e. The second-order valence-electron chi connectivity index (χ2n) is 7.00. The molecule has 0 spiro atoms. The smallest absolute Gasteiger partial charge is 0.228 e. The number of rotatable bonds is 4. The van der Waals surface area contributed by atoms with Crippen LogP contribution < -0.4 is 10.6 Å². The zero-order valence-electron chi connectivity index (χ0n) is 15.4. The number of hydrogen-bond donors (Lipinski definition) is 3. The predicted octanol–water partition coefficient (Wildman–Crippen LogP) is 2.82. The minimum Gasteiger partial charge on any atom is -0.395 e. The van der Waals surface area contributed by atoms with Gasteiger partial charge in [-0.2, -0.15) is 10.4 Å². The summed E-state index contributed by atoms with van der Waals surface area (Å²) in [6, 6.07) is 9.45. The Balaban J connectivity index is 1.74. The van der Waals surface area contributed by atoms with Gasteiger partial charge in [0, 0.05) is 36.8 Å². The average Bonchev–Trinajstić information content (AvgIpc) is 3.20. The minimum atomic E-state index is -0.449. The van der Waals surface area contributed by atoms with Crippen LogP contribution in [-0.2, 0) is 12.5 Å². The number of nitrogens with zero attached hydrogens (tertiary/aromatic N) is 5. The highest BCUT2D eigenvalue weighted by molar-refractivity contribution is 6.29. The number of nitriles is 1. The number of fused-ring (bicyclic) bond motifs is 1. The molecule has 142 valence electrons. The van der Waals surface area contributed by atoms with E-state index >= 15 is 0 Å². The third-order valence-corrected chi connectivity index (χ3v) is 5.28. The maximum atomic E-state index is 9.85. The molecule has 2 aromatic heterocycles. The summed E-state index contributed by atoms with van der Waals surface area (Å²) in [5, 5.41) is 30.4. The van der Waals surface area contributed by atoms with E-state index in [1.165, 1.54) is 4.68 Å². The van der Waals surface area contributed by atoms with Crippen LogP contribution in [0.5, 0.6) is 0 Å². The number of aliphatic hydroxyl groups excluding tert-OH is 1. The lowest BCUT2D eigenvalue weighted by Gasteiger charge is -2.21. The summed E-state index contributed by atoms with van der Waals surface area (Å²) in [5.74, 6) is 0.905. The summed E-state index contributed by atoms with van der Waals surface area (Å²) in [6.45, 7) is 2.53. The van der Waals surface area contributed by atoms with Gasteiger partial charge in [0.1, 0.15) is 11.2 Å². The molecule has 0 fully saturated rings. The van der Waals surface area contributed by atoms with Crippen molar-refractivity contribution < 1.29 is 5.11 Å². The lowest BCUT2D eigenvalue weighted by atomic mass is 9.83. The summed E-state index contributed by atoms with van der Waals surface area (Å²) in [5.41, 5.74) is 3.20. The zero-order chi connectivity index (χ0) is 19.9. The monoisotopic (exact) mass is 395 g/mol. The first-order chi connectivity index (χ1) is 13.4. The molecule has 0 saturated carbocycles. The van der Waals surface area contributed by atoms with Gasteiger partial charge in [0.05, 0.1) is 23.6 Å². The first-order valence-electron chi connectivity index (χ1n) is 8.67. The van der Waals surface area contributed by atoms with Crippen molar-refractivity contribution in [2.75, 3.05) is 23.8 Å². The van der Waals surface area contributed by atoms with Crippen molar-refractivity contribution in [1.29, 1.82) is 5.26 Å². The molecule has 1 aliphatic rings. The Morgan fingerprint density at radius 1 is 1.43 bits per heavy atom. The van der Waals surface area contributed by atoms with Crippen LogP contribution in [0.2, 0.25) is 5.15 Å². The lowest BCUT2D eigenvalue weighted by Crippen LogP contribution is -2.28. The molecular weight excluding hydrogens is 378 g/mol. The molecule has 0 saturated heterocycles. The van der Waals surface area contributed by atoms with Crippen LogP contribution in [0.1, 0.15) is 18.1 Å². The molecule has 1 aliphatic heterocycles. The topological polar surface area (TPSA) is 112 Å². The second-order valence-corrected chi connectivity index (χ2v) is 7.38. The van der Waals surface area contributed by atoms with Crippen molar-refractivity contribution >= 4 is 29.1 Å². The number of halogens is 1. The van der Waals surface area contributed by atoms with Gasteiger partial charge in [-0.25, -0.2) is 9.97 Å². The van der Waals surface area contributed by atoms with Gasteiger partial charge in [-0.05, 0) is 23.8 Å². The van der Waals surface area contributed by atoms with E-state index < -0.39 is 5.41 Å². The molecular formula is C19H18ClN7O. The molecule has 0 unspecified atom stereocenters. The number of benzene rings is 1. The molecule has 0 radical (unpaired) electrons. The molecule has 3 N–H and O–H groups in total. The van der Waals surface area contributed by atoms with Gasteiger partial charge in [-0.15, -0.1) is 0 Å². The Morgan fingerprint density at radius 3 is 2.93 bits per heavy atom. The highest BCUT2D eigenvalue weighted by Gasteiger charge is 2.35. The Labute approximate surface area is 166 Å². The van der Waals surface area contributed by atoms with Crippen molar-refractivity contribution in [2.45, 2.75) is 12.3 Å². The quantitative estimate of drug-likeness (QED) is 0.622. The summed E-state index contributed by atoms with van der Waals surface area (Å²) in [7, 11) is 1.74. The third kappa shape index (κ3) is 3.05. The average molecular weight is 396 g/mol. The summed E-state index contributed by atoms with van der Waals surface area (Å²) >= 11 is 6.01. The first-order valence-corrected chi connectivity index (χ1v) is 9.04. The Kier molecular flexibility index (Phi) is 4.41. The van der Waals surface area contributed by atoms with Crippen LogP contribution in [0.4, 0.5) is 17.5 Å². The molecule has 0 amide bonds. The zero-order valence-corrected chi connectivity index (χ0v) is 16.1. The Morgan fingerprint density at radius 2 is 2.25 bits per heavy atom. The molecule has 3 heterocycles. The molecule has 1 aromatic carbocycles. The molecule has 28 heavy (non-hydrogen) atoms. The lowest BCUT2D eigenvalue weighted by molar-refractivity contribution is 0.219. The van der Waals surface area contributed by atoms with E-state index in [9.17, 15) is 10.4 Å². The van der Waals surface area contributed by atoms with E-state index in [-0.39, 0.29) is 6.61 Å². The number of nitrogens with one attached hydrogen (secondary N) is 2. The molecule has 0 bridgehead atoms. The van der Waals surface area contributed by atoms with E-state index in [0.29, 0.717) is 34.7 Å². The first kappa shape index (κ1) is 18.2. The molecule has 1 atom stereocenters. The molecule has 9 heteroatoms. The summed E-state index contributed by atoms with van der Waals surface area (Å²) in [6.07, 6.45) is 1.64. The number of anilines is 3. The molecule has 8 nitrogen and oxygen atoms in total. The number of aryl methyl sites for hydroxylation is 1. The van der Waals surface area contributed by atoms with Gasteiger partial charge < -0.3 is 15.7 Å². The van der Waals surface area contributed by atoms with Crippen LogP contribution >= 0.6 is 11.6 Å². The SMILES string of the molecule is Cn1nc(Nc2nccc(-c3cc(C#N)c4c(c3)[C@@](C)(CO)CN4)n2)cc1Cl. The van der Waals surface area contributed by atoms with Crippen LogP contribution in [0.25, 0.3) is 11.3 Å². The van der Waals surface area contributed by atoms with Crippen LogP contribution in [0.3, 0.4) is 0 Å². The van der Waals surface area contributed by atoms with E-state index in [1.54, 1.807) is 31.4 Å². The third-order valence-electron chi connectivity index (χ3n) is 4.93. The summed E-state index contributed by atoms with van der Waals surface area (Å²) < 4.78 is 1.54. The van der Waals surface area contributed by atoms with Crippen molar-refractivity contribution in [2.24, 2.45) is 7.05 Å². The van der Waals surface area contributed by atoms with Crippen molar-refractivity contribution in [1.82, 2.24) is 19.7 Å². The van der Waals surface area contributed by atoms with Crippen LogP contribution in [0.15, 0.2) is 30.5 Å². The van der Waals surface area contributed by atoms with Crippen molar-refractivity contribution in [3.8, 4) is 17.3 Å². The molecule has 3 aromatic rings. The van der Waals surface area contributed by atoms with E-state index in [1.807, 2.05) is 13.0 Å².